The Bertz CT molecular complexity index is 1300. The molecule has 0 saturated heterocycles. The number of aromatic hydroxyl groups is 1. The molecule has 0 atom stereocenters. The SMILES string of the molecule is O=C(O)c1cnn(-c2cccc(-c3ccccc3OCc3ccc(O)cc3)n2)c1C(F)(F)F. The number of carboxylic acids is 1. The Balaban J connectivity index is 1.70. The van der Waals surface area contributed by atoms with E-state index in [9.17, 15) is 23.1 Å². The van der Waals surface area contributed by atoms with E-state index in [1.807, 2.05) is 0 Å². The molecule has 2 N–H and O–H groups in total. The molecule has 0 saturated carbocycles. The third-order valence-corrected chi connectivity index (χ3v) is 4.71. The molecule has 2 heterocycles. The van der Waals surface area contributed by atoms with Gasteiger partial charge in [-0.05, 0) is 42.0 Å². The molecule has 33 heavy (non-hydrogen) atoms. The molecule has 0 radical (unpaired) electrons. The molecule has 4 rings (SSSR count). The number of carbonyl (C=O) groups is 1. The molecular formula is C23H16F3N3O4. The maximum atomic E-state index is 13.6. The Kier molecular flexibility index (Phi) is 5.74. The van der Waals surface area contributed by atoms with Crippen molar-refractivity contribution in [2.45, 2.75) is 12.8 Å². The van der Waals surface area contributed by atoms with Crippen molar-refractivity contribution in [3.05, 3.63) is 89.7 Å². The lowest BCUT2D eigenvalue weighted by Crippen LogP contribution is -2.18. The van der Waals surface area contributed by atoms with Gasteiger partial charge in [-0.25, -0.2) is 14.5 Å². The maximum Gasteiger partial charge on any atom is 0.434 e. The third kappa shape index (κ3) is 4.64. The van der Waals surface area contributed by atoms with Crippen molar-refractivity contribution in [1.29, 1.82) is 0 Å². The number of benzene rings is 2. The van der Waals surface area contributed by atoms with Crippen molar-refractivity contribution < 1.29 is 32.9 Å². The number of phenols is 1. The van der Waals surface area contributed by atoms with Gasteiger partial charge in [-0.2, -0.15) is 18.3 Å². The number of hydrogen-bond donors (Lipinski definition) is 2. The van der Waals surface area contributed by atoms with E-state index < -0.39 is 23.4 Å². The third-order valence-electron chi connectivity index (χ3n) is 4.71. The van der Waals surface area contributed by atoms with Gasteiger partial charge in [0.05, 0.1) is 11.9 Å². The summed E-state index contributed by atoms with van der Waals surface area (Å²) in [5.41, 5.74) is -0.743. The molecule has 0 bridgehead atoms. The summed E-state index contributed by atoms with van der Waals surface area (Å²) in [6.07, 6.45) is -4.30. The van der Waals surface area contributed by atoms with Crippen LogP contribution in [-0.4, -0.2) is 30.9 Å². The van der Waals surface area contributed by atoms with Gasteiger partial charge in [0.25, 0.3) is 0 Å². The van der Waals surface area contributed by atoms with Crippen LogP contribution in [0.2, 0.25) is 0 Å². The second-order valence-corrected chi connectivity index (χ2v) is 6.95. The lowest BCUT2D eigenvalue weighted by atomic mass is 10.1. The molecule has 0 unspecified atom stereocenters. The second kappa shape index (κ2) is 8.65. The van der Waals surface area contributed by atoms with Crippen molar-refractivity contribution in [3.8, 4) is 28.6 Å². The van der Waals surface area contributed by atoms with Gasteiger partial charge in [-0.15, -0.1) is 0 Å². The van der Waals surface area contributed by atoms with Crippen LogP contribution in [-0.2, 0) is 12.8 Å². The highest BCUT2D eigenvalue weighted by Gasteiger charge is 2.41. The number of pyridine rings is 1. The highest BCUT2D eigenvalue weighted by atomic mass is 19.4. The van der Waals surface area contributed by atoms with Crippen LogP contribution in [0.15, 0.2) is 72.9 Å². The normalized spacial score (nSPS) is 11.4. The van der Waals surface area contributed by atoms with Gasteiger partial charge in [-0.1, -0.05) is 30.3 Å². The zero-order chi connectivity index (χ0) is 23.6. The Labute approximate surface area is 185 Å². The fraction of sp³-hybridized carbons (Fsp3) is 0.0870. The van der Waals surface area contributed by atoms with E-state index in [1.54, 1.807) is 42.5 Å². The predicted molar refractivity (Wildman–Crippen MR) is 111 cm³/mol. The van der Waals surface area contributed by atoms with Crippen LogP contribution in [0.5, 0.6) is 11.5 Å². The first-order valence-electron chi connectivity index (χ1n) is 9.60. The summed E-state index contributed by atoms with van der Waals surface area (Å²) in [5.74, 6) is -1.36. The molecule has 10 heteroatoms. The molecule has 0 aliphatic heterocycles. The Hall–Kier alpha value is -4.34. The van der Waals surface area contributed by atoms with Crippen molar-refractivity contribution in [2.24, 2.45) is 0 Å². The monoisotopic (exact) mass is 455 g/mol. The minimum atomic E-state index is -4.95. The average molecular weight is 455 g/mol. The summed E-state index contributed by atoms with van der Waals surface area (Å²) >= 11 is 0. The summed E-state index contributed by atoms with van der Waals surface area (Å²) in [6, 6.07) is 17.7. The van der Waals surface area contributed by atoms with Crippen molar-refractivity contribution in [3.63, 3.8) is 0 Å². The van der Waals surface area contributed by atoms with E-state index in [1.165, 1.54) is 24.3 Å². The number of phenolic OH excluding ortho intramolecular Hbond substituents is 1. The van der Waals surface area contributed by atoms with Crippen LogP contribution in [0.1, 0.15) is 21.6 Å². The van der Waals surface area contributed by atoms with E-state index in [0.29, 0.717) is 27.9 Å². The molecule has 0 aliphatic rings. The minimum Gasteiger partial charge on any atom is -0.508 e. The topological polar surface area (TPSA) is 97.5 Å². The Morgan fingerprint density at radius 2 is 1.73 bits per heavy atom. The molecule has 0 amide bonds. The van der Waals surface area contributed by atoms with Crippen LogP contribution in [0.25, 0.3) is 17.1 Å². The number of rotatable bonds is 6. The number of aromatic nitrogens is 3. The standard InChI is InChI=1S/C23H16F3N3O4/c24-23(25,26)21-17(22(31)32)12-27-29(21)20-7-3-5-18(28-20)16-4-1-2-6-19(16)33-13-14-8-10-15(30)11-9-14/h1-12,30H,13H2,(H,31,32). The van der Waals surface area contributed by atoms with Crippen LogP contribution >= 0.6 is 0 Å². The van der Waals surface area contributed by atoms with Crippen LogP contribution in [0.4, 0.5) is 13.2 Å². The van der Waals surface area contributed by atoms with Crippen molar-refractivity contribution >= 4 is 5.97 Å². The first-order valence-corrected chi connectivity index (χ1v) is 9.60. The average Bonchev–Trinajstić information content (AvgIpc) is 3.26. The van der Waals surface area contributed by atoms with Gasteiger partial charge in [-0.3, -0.25) is 0 Å². The smallest absolute Gasteiger partial charge is 0.434 e. The van der Waals surface area contributed by atoms with E-state index in [0.717, 1.165) is 5.56 Å². The van der Waals surface area contributed by atoms with E-state index in [4.69, 9.17) is 9.84 Å². The number of carboxylic acid groups (broad SMARTS) is 1. The maximum absolute atomic E-state index is 13.6. The summed E-state index contributed by atoms with van der Waals surface area (Å²) in [6.45, 7) is 0.191. The molecule has 0 spiro atoms. The van der Waals surface area contributed by atoms with E-state index in [-0.39, 0.29) is 18.2 Å². The number of ether oxygens (including phenoxy) is 1. The number of hydrogen-bond acceptors (Lipinski definition) is 5. The number of nitrogens with zero attached hydrogens (tertiary/aromatic N) is 3. The molecule has 0 fully saturated rings. The number of halogens is 3. The van der Waals surface area contributed by atoms with Gasteiger partial charge in [0.1, 0.15) is 23.7 Å². The van der Waals surface area contributed by atoms with Gasteiger partial charge in [0.2, 0.25) is 0 Å². The minimum absolute atomic E-state index is 0.128. The lowest BCUT2D eigenvalue weighted by Gasteiger charge is -2.14. The highest BCUT2D eigenvalue weighted by molar-refractivity contribution is 5.89. The van der Waals surface area contributed by atoms with Gasteiger partial charge in [0.15, 0.2) is 11.5 Å². The van der Waals surface area contributed by atoms with E-state index in [2.05, 4.69) is 10.1 Å². The summed E-state index contributed by atoms with van der Waals surface area (Å²) < 4.78 is 47.1. The van der Waals surface area contributed by atoms with Crippen molar-refractivity contribution in [1.82, 2.24) is 14.8 Å². The molecule has 2 aromatic heterocycles. The molecule has 2 aromatic carbocycles. The van der Waals surface area contributed by atoms with E-state index >= 15 is 0 Å². The Morgan fingerprint density at radius 1 is 1.00 bits per heavy atom. The quantitative estimate of drug-likeness (QED) is 0.428. The first-order chi connectivity index (χ1) is 15.7. The molecule has 168 valence electrons. The number of para-hydroxylation sites is 1. The number of alkyl halides is 3. The summed E-state index contributed by atoms with van der Waals surface area (Å²) in [5, 5.41) is 22.1. The first kappa shape index (κ1) is 21.9. The fourth-order valence-corrected chi connectivity index (χ4v) is 3.20. The molecule has 7 nitrogen and oxygen atoms in total. The lowest BCUT2D eigenvalue weighted by molar-refractivity contribution is -0.143. The van der Waals surface area contributed by atoms with Crippen LogP contribution in [0.3, 0.4) is 0 Å². The van der Waals surface area contributed by atoms with Crippen LogP contribution in [0, 0.1) is 0 Å². The second-order valence-electron chi connectivity index (χ2n) is 6.95. The van der Waals surface area contributed by atoms with Gasteiger partial charge >= 0.3 is 12.1 Å². The summed E-state index contributed by atoms with van der Waals surface area (Å²) in [7, 11) is 0. The zero-order valence-electron chi connectivity index (χ0n) is 16.8. The summed E-state index contributed by atoms with van der Waals surface area (Å²) in [4.78, 5) is 15.5. The zero-order valence-corrected chi connectivity index (χ0v) is 16.8. The molecular weight excluding hydrogens is 439 g/mol. The van der Waals surface area contributed by atoms with Crippen LogP contribution < -0.4 is 4.74 Å². The Morgan fingerprint density at radius 3 is 2.42 bits per heavy atom. The largest absolute Gasteiger partial charge is 0.508 e. The predicted octanol–water partition coefficient (Wildman–Crippen LogP) is 4.94. The molecule has 4 aromatic rings. The molecule has 0 aliphatic carbocycles. The van der Waals surface area contributed by atoms with Gasteiger partial charge in [0, 0.05) is 5.56 Å². The number of aromatic carboxylic acids is 1. The van der Waals surface area contributed by atoms with Crippen molar-refractivity contribution in [2.75, 3.05) is 0 Å². The highest BCUT2D eigenvalue weighted by Crippen LogP contribution is 2.34. The fourth-order valence-electron chi connectivity index (χ4n) is 3.20. The van der Waals surface area contributed by atoms with Gasteiger partial charge < -0.3 is 14.9 Å².